The number of fused-ring (bicyclic) bond motifs is 1. The van der Waals surface area contributed by atoms with Crippen molar-refractivity contribution in [1.82, 2.24) is 10.0 Å². The number of carbonyl (C=O) groups excluding carboxylic acids is 4. The average molecular weight is 530 g/mol. The van der Waals surface area contributed by atoms with E-state index in [2.05, 4.69) is 0 Å². The van der Waals surface area contributed by atoms with Gasteiger partial charge in [0.2, 0.25) is 0 Å². The van der Waals surface area contributed by atoms with Gasteiger partial charge in [-0.2, -0.15) is 5.01 Å². The van der Waals surface area contributed by atoms with Crippen molar-refractivity contribution in [2.75, 3.05) is 5.88 Å². The van der Waals surface area contributed by atoms with Crippen LogP contribution in [0.25, 0.3) is 0 Å². The van der Waals surface area contributed by atoms with Crippen LogP contribution in [-0.4, -0.2) is 50.4 Å². The van der Waals surface area contributed by atoms with Crippen molar-refractivity contribution in [3.05, 3.63) is 75.6 Å². The maximum Gasteiger partial charge on any atom is 0.273 e. The minimum absolute atomic E-state index is 0.0547. The third-order valence-electron chi connectivity index (χ3n) is 7.02. The lowest BCUT2D eigenvalue weighted by Gasteiger charge is -2.36. The van der Waals surface area contributed by atoms with Gasteiger partial charge in [-0.15, -0.1) is 11.6 Å². The fourth-order valence-electron chi connectivity index (χ4n) is 5.09. The number of carbonyl (C=O) groups is 4. The number of hydrogen-bond donors (Lipinski definition) is 0. The van der Waals surface area contributed by atoms with Crippen LogP contribution in [0.3, 0.4) is 0 Å². The molecule has 0 unspecified atom stereocenters. The van der Waals surface area contributed by atoms with Crippen molar-refractivity contribution in [3.63, 3.8) is 0 Å². The molecule has 1 aliphatic carbocycles. The Morgan fingerprint density at radius 1 is 1.05 bits per heavy atom. The van der Waals surface area contributed by atoms with E-state index in [4.69, 9.17) is 11.6 Å². The quantitative estimate of drug-likeness (QED) is 0.164. The van der Waals surface area contributed by atoms with E-state index in [0.717, 1.165) is 40.7 Å². The summed E-state index contributed by atoms with van der Waals surface area (Å²) in [6.45, 7) is 1.99. The third-order valence-corrected chi connectivity index (χ3v) is 7.24. The molecule has 1 saturated heterocycles. The van der Waals surface area contributed by atoms with Gasteiger partial charge in [0.1, 0.15) is 11.9 Å². The summed E-state index contributed by atoms with van der Waals surface area (Å²) in [6, 6.07) is 7.99. The van der Waals surface area contributed by atoms with Crippen molar-refractivity contribution in [2.24, 2.45) is 17.8 Å². The fourth-order valence-corrected chi connectivity index (χ4v) is 5.30. The Hall–Kier alpha value is -3.66. The van der Waals surface area contributed by atoms with E-state index in [9.17, 15) is 33.7 Å². The van der Waals surface area contributed by atoms with Crippen LogP contribution in [0, 0.1) is 33.7 Å². The second-order valence-electron chi connectivity index (χ2n) is 9.44. The predicted molar refractivity (Wildman–Crippen MR) is 131 cm³/mol. The topological polar surface area (TPSA) is 118 Å². The van der Waals surface area contributed by atoms with Crippen LogP contribution >= 0.6 is 11.6 Å². The number of ketones is 1. The molecule has 0 N–H and O–H groups in total. The minimum Gasteiger partial charge on any atom is -0.292 e. The highest BCUT2D eigenvalue weighted by Gasteiger charge is 2.54. The first-order valence-electron chi connectivity index (χ1n) is 12.0. The molecule has 0 spiro atoms. The molecule has 2 fully saturated rings. The van der Waals surface area contributed by atoms with Gasteiger partial charge in [-0.25, -0.2) is 9.40 Å². The molecule has 2 aliphatic rings. The maximum atomic E-state index is 13.8. The summed E-state index contributed by atoms with van der Waals surface area (Å²) in [5.41, 5.74) is -0.236. The molecule has 1 aliphatic heterocycles. The molecule has 1 saturated carbocycles. The molecule has 0 radical (unpaired) electrons. The largest absolute Gasteiger partial charge is 0.292 e. The number of hydrogen-bond acceptors (Lipinski definition) is 6. The Bertz CT molecular complexity index is 1240. The van der Waals surface area contributed by atoms with E-state index in [1.54, 1.807) is 0 Å². The number of amides is 3. The number of benzene rings is 2. The molecule has 2 aromatic carbocycles. The molecular weight excluding hydrogens is 505 g/mol. The van der Waals surface area contributed by atoms with Crippen LogP contribution in [0.15, 0.2) is 48.5 Å². The van der Waals surface area contributed by atoms with Gasteiger partial charge in [0, 0.05) is 29.1 Å². The lowest BCUT2D eigenvalue weighted by atomic mass is 9.76. The SMILES string of the molecule is C[C@@H]1CC[C@@H]2C(=O)N(N(C(=O)c3ccc([N+](=O)[O-])cc3)[C@H](CCCl)C(=O)c3ccc(F)cc3)C(=O)[C@H]2C1. The van der Waals surface area contributed by atoms with Crippen LogP contribution in [-0.2, 0) is 9.59 Å². The summed E-state index contributed by atoms with van der Waals surface area (Å²) < 4.78 is 13.5. The Labute approximate surface area is 217 Å². The van der Waals surface area contributed by atoms with Crippen LogP contribution in [0.5, 0.6) is 0 Å². The number of halogens is 2. The van der Waals surface area contributed by atoms with Crippen LogP contribution in [0.2, 0.25) is 0 Å². The number of rotatable bonds is 8. The zero-order chi connectivity index (χ0) is 26.9. The fraction of sp³-hybridized carbons (Fsp3) is 0.385. The molecule has 11 heteroatoms. The average Bonchev–Trinajstić information content (AvgIpc) is 3.12. The Morgan fingerprint density at radius 2 is 1.65 bits per heavy atom. The summed E-state index contributed by atoms with van der Waals surface area (Å²) in [4.78, 5) is 64.9. The van der Waals surface area contributed by atoms with E-state index in [1.165, 1.54) is 24.3 Å². The number of nitrogens with zero attached hydrogens (tertiary/aromatic N) is 3. The second kappa shape index (κ2) is 10.8. The molecule has 37 heavy (non-hydrogen) atoms. The highest BCUT2D eigenvalue weighted by molar-refractivity contribution is 6.18. The number of imide groups is 1. The standard InChI is InChI=1S/C26H25ClFN3O6/c1-15-2-11-20-21(14-15)26(35)30(25(20)34)29(24(33)17-5-9-19(10-6-17)31(36)37)22(12-13-27)23(32)16-3-7-18(28)8-4-16/h3-10,15,20-22H,2,11-14H2,1H3/t15-,20+,21+,22-/m1/s1. The molecule has 9 nitrogen and oxygen atoms in total. The molecule has 1 heterocycles. The van der Waals surface area contributed by atoms with Gasteiger partial charge in [0.05, 0.1) is 16.8 Å². The van der Waals surface area contributed by atoms with Crippen molar-refractivity contribution in [3.8, 4) is 0 Å². The van der Waals surface area contributed by atoms with Gasteiger partial charge in [0.15, 0.2) is 5.78 Å². The monoisotopic (exact) mass is 529 g/mol. The number of nitro groups is 1. The number of nitro benzene ring substituents is 1. The molecule has 0 aromatic heterocycles. The highest BCUT2D eigenvalue weighted by atomic mass is 35.5. The number of hydrazine groups is 1. The predicted octanol–water partition coefficient (Wildman–Crippen LogP) is 4.39. The number of Topliss-reactive ketones (excluding diaryl/α,β-unsaturated/α-hetero) is 1. The normalized spacial score (nSPS) is 21.9. The third kappa shape index (κ3) is 5.11. The van der Waals surface area contributed by atoms with Crippen molar-refractivity contribution < 1.29 is 28.5 Å². The van der Waals surface area contributed by atoms with Crippen molar-refractivity contribution in [2.45, 2.75) is 38.6 Å². The van der Waals surface area contributed by atoms with Crippen LogP contribution < -0.4 is 0 Å². The zero-order valence-corrected chi connectivity index (χ0v) is 20.8. The molecule has 4 rings (SSSR count). The van der Waals surface area contributed by atoms with E-state index in [0.29, 0.717) is 12.8 Å². The molecule has 2 aromatic rings. The molecule has 3 amide bonds. The van der Waals surface area contributed by atoms with Gasteiger partial charge in [-0.05, 0) is 68.0 Å². The smallest absolute Gasteiger partial charge is 0.273 e. The van der Waals surface area contributed by atoms with E-state index in [-0.39, 0.29) is 35.0 Å². The number of non-ortho nitro benzene ring substituents is 1. The van der Waals surface area contributed by atoms with Gasteiger partial charge >= 0.3 is 0 Å². The first-order valence-corrected chi connectivity index (χ1v) is 12.5. The summed E-state index contributed by atoms with van der Waals surface area (Å²) >= 11 is 6.01. The van der Waals surface area contributed by atoms with Gasteiger partial charge in [-0.3, -0.25) is 29.3 Å². The first-order chi connectivity index (χ1) is 17.6. The Kier molecular flexibility index (Phi) is 7.68. The summed E-state index contributed by atoms with van der Waals surface area (Å²) in [6.07, 6.45) is 1.62. The minimum atomic E-state index is -1.35. The molecule has 0 bridgehead atoms. The first kappa shape index (κ1) is 26.4. The van der Waals surface area contributed by atoms with Crippen LogP contribution in [0.1, 0.15) is 53.3 Å². The second-order valence-corrected chi connectivity index (χ2v) is 9.82. The summed E-state index contributed by atoms with van der Waals surface area (Å²) in [7, 11) is 0. The molecule has 4 atom stereocenters. The van der Waals surface area contributed by atoms with Crippen molar-refractivity contribution in [1.29, 1.82) is 0 Å². The Morgan fingerprint density at radius 3 is 2.24 bits per heavy atom. The number of alkyl halides is 1. The van der Waals surface area contributed by atoms with Gasteiger partial charge in [0.25, 0.3) is 23.4 Å². The zero-order valence-electron chi connectivity index (χ0n) is 20.0. The molecular formula is C26H25ClFN3O6. The van der Waals surface area contributed by atoms with Crippen LogP contribution in [0.4, 0.5) is 10.1 Å². The van der Waals surface area contributed by atoms with Gasteiger partial charge in [-0.1, -0.05) is 6.92 Å². The highest BCUT2D eigenvalue weighted by Crippen LogP contribution is 2.42. The molecule has 194 valence electrons. The van der Waals surface area contributed by atoms with Crippen molar-refractivity contribution >= 4 is 40.8 Å². The van der Waals surface area contributed by atoms with E-state index < -0.39 is 52.1 Å². The van der Waals surface area contributed by atoms with E-state index >= 15 is 0 Å². The lowest BCUT2D eigenvalue weighted by molar-refractivity contribution is -0.384. The maximum absolute atomic E-state index is 13.8. The Balaban J connectivity index is 1.80. The van der Waals surface area contributed by atoms with E-state index in [1.807, 2.05) is 6.92 Å². The lowest BCUT2D eigenvalue weighted by Crippen LogP contribution is -2.57. The van der Waals surface area contributed by atoms with Gasteiger partial charge < -0.3 is 0 Å². The summed E-state index contributed by atoms with van der Waals surface area (Å²) in [5, 5.41) is 12.7. The summed E-state index contributed by atoms with van der Waals surface area (Å²) in [5.74, 6) is -4.25.